The van der Waals surface area contributed by atoms with Crippen LogP contribution in [0, 0.1) is 9.49 Å². The van der Waals surface area contributed by atoms with E-state index < -0.39 is 0 Å². The van der Waals surface area contributed by atoms with Gasteiger partial charge in [0.2, 0.25) is 5.91 Å². The standard InChI is InChI=1S/C11H13IN2O2/c12-7-1-3-8(4-2-7)14-11(15)9-5-16-6-10(9)13/h1-4,9-10H,5-6,13H2,(H,14,15). The van der Waals surface area contributed by atoms with Gasteiger partial charge in [0.1, 0.15) is 0 Å². The van der Waals surface area contributed by atoms with E-state index in [0.29, 0.717) is 13.2 Å². The van der Waals surface area contributed by atoms with Crippen molar-refractivity contribution in [3.05, 3.63) is 27.8 Å². The fourth-order valence-corrected chi connectivity index (χ4v) is 1.97. The van der Waals surface area contributed by atoms with Gasteiger partial charge in [-0.3, -0.25) is 4.79 Å². The zero-order chi connectivity index (χ0) is 11.5. The summed E-state index contributed by atoms with van der Waals surface area (Å²) >= 11 is 2.22. The fraction of sp³-hybridized carbons (Fsp3) is 0.364. The molecule has 0 radical (unpaired) electrons. The van der Waals surface area contributed by atoms with Gasteiger partial charge in [-0.15, -0.1) is 0 Å². The van der Waals surface area contributed by atoms with Gasteiger partial charge in [-0.05, 0) is 46.9 Å². The highest BCUT2D eigenvalue weighted by Crippen LogP contribution is 2.16. The topological polar surface area (TPSA) is 64.3 Å². The number of ether oxygens (including phenoxy) is 1. The summed E-state index contributed by atoms with van der Waals surface area (Å²) < 4.78 is 6.30. The molecule has 0 aromatic heterocycles. The third-order valence-electron chi connectivity index (χ3n) is 2.57. The maximum absolute atomic E-state index is 11.8. The normalized spacial score (nSPS) is 24.4. The van der Waals surface area contributed by atoms with Crippen LogP contribution in [0.3, 0.4) is 0 Å². The van der Waals surface area contributed by atoms with Gasteiger partial charge in [0, 0.05) is 15.3 Å². The van der Waals surface area contributed by atoms with Crippen molar-refractivity contribution in [2.75, 3.05) is 18.5 Å². The predicted molar refractivity (Wildman–Crippen MR) is 70.1 cm³/mol. The van der Waals surface area contributed by atoms with Gasteiger partial charge >= 0.3 is 0 Å². The molecule has 0 spiro atoms. The summed E-state index contributed by atoms with van der Waals surface area (Å²) in [6, 6.07) is 7.45. The minimum Gasteiger partial charge on any atom is -0.379 e. The number of halogens is 1. The lowest BCUT2D eigenvalue weighted by atomic mass is 10.0. The quantitative estimate of drug-likeness (QED) is 0.800. The van der Waals surface area contributed by atoms with Crippen molar-refractivity contribution < 1.29 is 9.53 Å². The van der Waals surface area contributed by atoms with Crippen molar-refractivity contribution in [3.63, 3.8) is 0 Å². The van der Waals surface area contributed by atoms with E-state index in [1.807, 2.05) is 24.3 Å². The Morgan fingerprint density at radius 1 is 1.38 bits per heavy atom. The zero-order valence-corrected chi connectivity index (χ0v) is 10.8. The van der Waals surface area contributed by atoms with Crippen molar-refractivity contribution in [1.82, 2.24) is 0 Å². The Kier molecular flexibility index (Phi) is 3.78. The number of anilines is 1. The molecule has 4 nitrogen and oxygen atoms in total. The number of nitrogens with one attached hydrogen (secondary N) is 1. The van der Waals surface area contributed by atoms with E-state index in [1.165, 1.54) is 0 Å². The molecule has 1 amide bonds. The largest absolute Gasteiger partial charge is 0.379 e. The van der Waals surface area contributed by atoms with E-state index in [0.717, 1.165) is 9.26 Å². The lowest BCUT2D eigenvalue weighted by Gasteiger charge is -2.13. The van der Waals surface area contributed by atoms with Crippen LogP contribution in [0.15, 0.2) is 24.3 Å². The van der Waals surface area contributed by atoms with Crippen molar-refractivity contribution in [2.45, 2.75) is 6.04 Å². The number of nitrogens with two attached hydrogens (primary N) is 1. The third-order valence-corrected chi connectivity index (χ3v) is 3.29. The summed E-state index contributed by atoms with van der Waals surface area (Å²) in [5.74, 6) is -0.300. The molecule has 1 fully saturated rings. The van der Waals surface area contributed by atoms with E-state index in [-0.39, 0.29) is 17.9 Å². The first-order valence-corrected chi connectivity index (χ1v) is 6.14. The van der Waals surface area contributed by atoms with E-state index in [9.17, 15) is 4.79 Å². The number of carbonyl (C=O) groups is 1. The summed E-state index contributed by atoms with van der Waals surface area (Å²) in [5, 5.41) is 2.84. The second-order valence-corrected chi connectivity index (χ2v) is 5.05. The minimum atomic E-state index is -0.237. The van der Waals surface area contributed by atoms with Crippen molar-refractivity contribution >= 4 is 34.2 Å². The van der Waals surface area contributed by atoms with Crippen LogP contribution < -0.4 is 11.1 Å². The van der Waals surface area contributed by atoms with Crippen molar-refractivity contribution in [2.24, 2.45) is 11.7 Å². The predicted octanol–water partition coefficient (Wildman–Crippen LogP) is 1.20. The molecule has 1 aromatic rings. The van der Waals surface area contributed by atoms with Gasteiger partial charge in [0.05, 0.1) is 19.1 Å². The van der Waals surface area contributed by atoms with Crippen molar-refractivity contribution in [3.8, 4) is 0 Å². The van der Waals surface area contributed by atoms with Gasteiger partial charge in [-0.1, -0.05) is 0 Å². The molecule has 2 unspecified atom stereocenters. The monoisotopic (exact) mass is 332 g/mol. The van der Waals surface area contributed by atoms with Crippen LogP contribution in [0.1, 0.15) is 0 Å². The lowest BCUT2D eigenvalue weighted by Crippen LogP contribution is -2.37. The van der Waals surface area contributed by atoms with Crippen LogP contribution in [-0.4, -0.2) is 25.2 Å². The number of benzene rings is 1. The molecule has 1 saturated heterocycles. The smallest absolute Gasteiger partial charge is 0.231 e. The molecule has 1 heterocycles. The Morgan fingerprint density at radius 2 is 2.06 bits per heavy atom. The lowest BCUT2D eigenvalue weighted by molar-refractivity contribution is -0.120. The van der Waals surface area contributed by atoms with Crippen LogP contribution in [0.2, 0.25) is 0 Å². The third kappa shape index (κ3) is 2.72. The first-order chi connectivity index (χ1) is 7.66. The molecule has 16 heavy (non-hydrogen) atoms. The Bertz CT molecular complexity index is 380. The molecule has 0 bridgehead atoms. The SMILES string of the molecule is NC1COCC1C(=O)Nc1ccc(I)cc1. The molecule has 2 atom stereocenters. The molecule has 1 aliphatic heterocycles. The highest BCUT2D eigenvalue weighted by Gasteiger charge is 2.31. The molecule has 1 aromatic carbocycles. The summed E-state index contributed by atoms with van der Waals surface area (Å²) in [7, 11) is 0. The molecular weight excluding hydrogens is 319 g/mol. The number of hydrogen-bond acceptors (Lipinski definition) is 3. The fourth-order valence-electron chi connectivity index (χ4n) is 1.61. The Morgan fingerprint density at radius 3 is 2.62 bits per heavy atom. The molecule has 2 rings (SSSR count). The second kappa shape index (κ2) is 5.11. The molecule has 86 valence electrons. The molecule has 0 aliphatic carbocycles. The first-order valence-electron chi connectivity index (χ1n) is 5.06. The molecule has 1 aliphatic rings. The van der Waals surface area contributed by atoms with Gasteiger partial charge in [0.15, 0.2) is 0 Å². The molecular formula is C11H13IN2O2. The minimum absolute atomic E-state index is 0.0637. The van der Waals surface area contributed by atoms with E-state index >= 15 is 0 Å². The Hall–Kier alpha value is -0.660. The summed E-state index contributed by atoms with van der Waals surface area (Å²) in [5.41, 5.74) is 6.57. The maximum atomic E-state index is 11.8. The zero-order valence-electron chi connectivity index (χ0n) is 8.65. The number of rotatable bonds is 2. The van der Waals surface area contributed by atoms with E-state index in [4.69, 9.17) is 10.5 Å². The van der Waals surface area contributed by atoms with Crippen LogP contribution >= 0.6 is 22.6 Å². The number of amides is 1. The van der Waals surface area contributed by atoms with Gasteiger partial charge < -0.3 is 15.8 Å². The highest BCUT2D eigenvalue weighted by atomic mass is 127. The van der Waals surface area contributed by atoms with Gasteiger partial charge in [-0.2, -0.15) is 0 Å². The summed E-state index contributed by atoms with van der Waals surface area (Å²) in [6.07, 6.45) is 0. The number of carbonyl (C=O) groups excluding carboxylic acids is 1. The Labute approximate surface area is 108 Å². The van der Waals surface area contributed by atoms with Gasteiger partial charge in [0.25, 0.3) is 0 Å². The van der Waals surface area contributed by atoms with Crippen LogP contribution in [-0.2, 0) is 9.53 Å². The van der Waals surface area contributed by atoms with Crippen molar-refractivity contribution in [1.29, 1.82) is 0 Å². The van der Waals surface area contributed by atoms with Crippen LogP contribution in [0.25, 0.3) is 0 Å². The Balaban J connectivity index is 1.99. The molecule has 0 saturated carbocycles. The van der Waals surface area contributed by atoms with Crippen LogP contribution in [0.5, 0.6) is 0 Å². The van der Waals surface area contributed by atoms with Gasteiger partial charge in [-0.25, -0.2) is 0 Å². The maximum Gasteiger partial charge on any atom is 0.231 e. The highest BCUT2D eigenvalue weighted by molar-refractivity contribution is 14.1. The van der Waals surface area contributed by atoms with Crippen LogP contribution in [0.4, 0.5) is 5.69 Å². The first kappa shape index (κ1) is 11.8. The summed E-state index contributed by atoms with van der Waals surface area (Å²) in [6.45, 7) is 0.877. The van der Waals surface area contributed by atoms with E-state index in [1.54, 1.807) is 0 Å². The average Bonchev–Trinajstić information content (AvgIpc) is 2.68. The second-order valence-electron chi connectivity index (χ2n) is 3.80. The molecule has 5 heteroatoms. The summed E-state index contributed by atoms with van der Waals surface area (Å²) in [4.78, 5) is 11.8. The molecule has 3 N–H and O–H groups in total. The average molecular weight is 332 g/mol. The number of hydrogen-bond donors (Lipinski definition) is 2. The van der Waals surface area contributed by atoms with E-state index in [2.05, 4.69) is 27.9 Å².